The highest BCUT2D eigenvalue weighted by atomic mass is 19.4. The number of benzene rings is 1. The maximum absolute atomic E-state index is 13.1. The van der Waals surface area contributed by atoms with Crippen molar-refractivity contribution in [3.63, 3.8) is 0 Å². The summed E-state index contributed by atoms with van der Waals surface area (Å²) in [5.74, 6) is -1.56. The fraction of sp³-hybridized carbons (Fsp3) is 0.412. The van der Waals surface area contributed by atoms with Crippen LogP contribution in [0.25, 0.3) is 0 Å². The zero-order valence-electron chi connectivity index (χ0n) is 13.8. The molecule has 0 aliphatic carbocycles. The third kappa shape index (κ3) is 4.21. The summed E-state index contributed by atoms with van der Waals surface area (Å²) < 4.78 is 53.8. The number of alkyl halides is 3. The van der Waals surface area contributed by atoms with E-state index in [9.17, 15) is 22.4 Å². The van der Waals surface area contributed by atoms with Crippen LogP contribution in [0.1, 0.15) is 40.5 Å². The van der Waals surface area contributed by atoms with Crippen LogP contribution in [0.4, 0.5) is 17.6 Å². The number of hydrogen-bond acceptors (Lipinski definition) is 3. The smallest absolute Gasteiger partial charge is 0.347 e. The average Bonchev–Trinajstić information content (AvgIpc) is 3.10. The average molecular weight is 370 g/mol. The molecule has 1 saturated heterocycles. The fourth-order valence-corrected chi connectivity index (χ4v) is 2.95. The molecule has 1 atom stereocenters. The van der Waals surface area contributed by atoms with Gasteiger partial charge in [-0.2, -0.15) is 18.3 Å². The van der Waals surface area contributed by atoms with Gasteiger partial charge in [0.05, 0.1) is 11.6 Å². The van der Waals surface area contributed by atoms with Gasteiger partial charge in [0.2, 0.25) is 0 Å². The van der Waals surface area contributed by atoms with E-state index < -0.39 is 23.5 Å². The molecule has 9 heteroatoms. The van der Waals surface area contributed by atoms with Crippen LogP contribution in [-0.2, 0) is 12.7 Å². The van der Waals surface area contributed by atoms with E-state index in [2.05, 4.69) is 15.7 Å². The first-order valence-electron chi connectivity index (χ1n) is 8.24. The summed E-state index contributed by atoms with van der Waals surface area (Å²) in [6, 6.07) is 4.05. The Labute approximate surface area is 147 Å². The predicted molar refractivity (Wildman–Crippen MR) is 85.9 cm³/mol. The number of carbonyl (C=O) groups excluding carboxylic acids is 1. The third-order valence-electron chi connectivity index (χ3n) is 4.30. The molecule has 2 N–H and O–H groups in total. The lowest BCUT2D eigenvalue weighted by molar-refractivity contribution is -0.138. The van der Waals surface area contributed by atoms with Gasteiger partial charge in [-0.15, -0.1) is 0 Å². The van der Waals surface area contributed by atoms with Crippen LogP contribution in [0.15, 0.2) is 30.5 Å². The van der Waals surface area contributed by atoms with Crippen molar-refractivity contribution in [2.75, 3.05) is 13.1 Å². The second-order valence-corrected chi connectivity index (χ2v) is 6.16. The highest BCUT2D eigenvalue weighted by Crippen LogP contribution is 2.32. The first-order valence-corrected chi connectivity index (χ1v) is 8.24. The second kappa shape index (κ2) is 7.45. The minimum Gasteiger partial charge on any atom is -0.347 e. The largest absolute Gasteiger partial charge is 0.416 e. The molecule has 140 valence electrons. The van der Waals surface area contributed by atoms with Crippen LogP contribution < -0.4 is 10.6 Å². The Kier molecular flexibility index (Phi) is 5.26. The summed E-state index contributed by atoms with van der Waals surface area (Å²) in [6.45, 7) is 1.34. The van der Waals surface area contributed by atoms with Gasteiger partial charge in [0, 0.05) is 19.3 Å². The zero-order chi connectivity index (χ0) is 18.7. The van der Waals surface area contributed by atoms with Crippen LogP contribution in [0.5, 0.6) is 0 Å². The van der Waals surface area contributed by atoms with E-state index in [0.29, 0.717) is 6.07 Å². The van der Waals surface area contributed by atoms with Crippen molar-refractivity contribution in [3.8, 4) is 0 Å². The zero-order valence-corrected chi connectivity index (χ0v) is 13.8. The van der Waals surface area contributed by atoms with Gasteiger partial charge in [0.25, 0.3) is 5.91 Å². The Morgan fingerprint density at radius 2 is 2.15 bits per heavy atom. The van der Waals surface area contributed by atoms with Gasteiger partial charge in [0.1, 0.15) is 11.5 Å². The number of aromatic nitrogens is 2. The third-order valence-corrected chi connectivity index (χ3v) is 4.30. The summed E-state index contributed by atoms with van der Waals surface area (Å²) >= 11 is 0. The van der Waals surface area contributed by atoms with E-state index >= 15 is 0 Å². The molecule has 1 aliphatic heterocycles. The van der Waals surface area contributed by atoms with Gasteiger partial charge in [-0.05, 0) is 43.1 Å². The summed E-state index contributed by atoms with van der Waals surface area (Å²) in [5, 5.41) is 9.87. The maximum Gasteiger partial charge on any atom is 0.416 e. The van der Waals surface area contributed by atoms with Gasteiger partial charge in [-0.3, -0.25) is 9.48 Å². The molecule has 0 radical (unpaired) electrons. The molecule has 1 aromatic heterocycles. The minimum atomic E-state index is -4.70. The van der Waals surface area contributed by atoms with Crippen molar-refractivity contribution in [1.82, 2.24) is 20.4 Å². The van der Waals surface area contributed by atoms with Gasteiger partial charge >= 0.3 is 6.18 Å². The Balaban J connectivity index is 1.67. The van der Waals surface area contributed by atoms with Gasteiger partial charge in [-0.25, -0.2) is 4.39 Å². The molecule has 2 heterocycles. The van der Waals surface area contributed by atoms with E-state index in [-0.39, 0.29) is 23.8 Å². The number of hydrogen-bond donors (Lipinski definition) is 2. The molecule has 1 aliphatic rings. The summed E-state index contributed by atoms with van der Waals surface area (Å²) in [7, 11) is 0. The topological polar surface area (TPSA) is 59.0 Å². The predicted octanol–water partition coefficient (Wildman–Crippen LogP) is 2.90. The normalized spacial score (nSPS) is 17.9. The Morgan fingerprint density at radius 3 is 2.85 bits per heavy atom. The summed E-state index contributed by atoms with van der Waals surface area (Å²) in [5.41, 5.74) is -1.17. The molecule has 5 nitrogen and oxygen atoms in total. The van der Waals surface area contributed by atoms with Crippen molar-refractivity contribution in [2.45, 2.75) is 31.6 Å². The van der Waals surface area contributed by atoms with Gasteiger partial charge in [-0.1, -0.05) is 6.07 Å². The van der Waals surface area contributed by atoms with Crippen LogP contribution in [0.2, 0.25) is 0 Å². The molecule has 3 rings (SSSR count). The first-order chi connectivity index (χ1) is 12.3. The number of carbonyl (C=O) groups is 1. The fourth-order valence-electron chi connectivity index (χ4n) is 2.95. The first kappa shape index (κ1) is 18.4. The number of amides is 1. The summed E-state index contributed by atoms with van der Waals surface area (Å²) in [4.78, 5) is 12.2. The molecule has 1 unspecified atom stereocenters. The molecule has 1 amide bonds. The van der Waals surface area contributed by atoms with Crippen molar-refractivity contribution >= 4 is 5.91 Å². The SMILES string of the molecule is O=C(NCc1ccc(F)cc1C(F)(F)F)c1ccn(C2CCCNC2)n1. The second-order valence-electron chi connectivity index (χ2n) is 6.16. The number of nitrogens with one attached hydrogen (secondary N) is 2. The highest BCUT2D eigenvalue weighted by molar-refractivity contribution is 5.92. The summed E-state index contributed by atoms with van der Waals surface area (Å²) in [6.07, 6.45) is -1.06. The Hall–Kier alpha value is -2.42. The van der Waals surface area contributed by atoms with Crippen molar-refractivity contribution < 1.29 is 22.4 Å². The number of halogens is 4. The molecule has 1 aromatic carbocycles. The van der Waals surface area contributed by atoms with E-state index in [1.165, 1.54) is 6.07 Å². The highest BCUT2D eigenvalue weighted by Gasteiger charge is 2.33. The van der Waals surface area contributed by atoms with Crippen LogP contribution in [-0.4, -0.2) is 28.8 Å². The van der Waals surface area contributed by atoms with E-state index in [1.54, 1.807) is 10.9 Å². The molecule has 26 heavy (non-hydrogen) atoms. The van der Waals surface area contributed by atoms with Crippen molar-refractivity contribution in [1.29, 1.82) is 0 Å². The maximum atomic E-state index is 13.1. The number of nitrogens with zero attached hydrogens (tertiary/aromatic N) is 2. The van der Waals surface area contributed by atoms with E-state index in [4.69, 9.17) is 0 Å². The molecule has 0 bridgehead atoms. The Morgan fingerprint density at radius 1 is 1.35 bits per heavy atom. The van der Waals surface area contributed by atoms with Gasteiger partial charge in [0.15, 0.2) is 0 Å². The van der Waals surface area contributed by atoms with E-state index in [0.717, 1.165) is 38.1 Å². The van der Waals surface area contributed by atoms with Crippen LogP contribution in [0.3, 0.4) is 0 Å². The number of rotatable bonds is 4. The number of piperidine rings is 1. The molecule has 0 saturated carbocycles. The lowest BCUT2D eigenvalue weighted by Crippen LogP contribution is -2.32. The molecule has 1 fully saturated rings. The lowest BCUT2D eigenvalue weighted by atomic mass is 10.1. The standard InChI is InChI=1S/C17H18F4N4O/c18-12-4-3-11(14(8-12)17(19,20)21)9-23-16(26)15-5-7-25(24-15)13-2-1-6-22-10-13/h3-5,7-8,13,22H,1-2,6,9-10H2,(H,23,26). The quantitative estimate of drug-likeness (QED) is 0.814. The van der Waals surface area contributed by atoms with Gasteiger partial charge < -0.3 is 10.6 Å². The molecular weight excluding hydrogens is 352 g/mol. The van der Waals surface area contributed by atoms with Crippen LogP contribution in [0, 0.1) is 5.82 Å². The molecule has 0 spiro atoms. The minimum absolute atomic E-state index is 0.131. The van der Waals surface area contributed by atoms with Crippen molar-refractivity contribution in [3.05, 3.63) is 53.1 Å². The monoisotopic (exact) mass is 370 g/mol. The Bertz CT molecular complexity index is 781. The van der Waals surface area contributed by atoms with Crippen LogP contribution >= 0.6 is 0 Å². The molecule has 2 aromatic rings. The molecular formula is C17H18F4N4O. The van der Waals surface area contributed by atoms with Crippen molar-refractivity contribution in [2.24, 2.45) is 0 Å². The van der Waals surface area contributed by atoms with E-state index in [1.807, 2.05) is 0 Å². The lowest BCUT2D eigenvalue weighted by Gasteiger charge is -2.22.